The van der Waals surface area contributed by atoms with Crippen molar-refractivity contribution in [3.05, 3.63) is 100 Å². The summed E-state index contributed by atoms with van der Waals surface area (Å²) >= 11 is 1.40. The van der Waals surface area contributed by atoms with Crippen molar-refractivity contribution in [2.45, 2.75) is 38.7 Å². The standard InChI is InChI=1S/C29H26N6O3S/c1-17-12-23(32-26(13-17)33-25-15-21(7-10-30-25)35-11-8-18(2)34-35)24-16-31-28(39-24)29(38)9-3-4-19-14-20(27(36)37)5-6-22(19)29/h5-8,10-16,38H,3-4,9H2,1-2H3,(H,36,37)(H,30,32,33)/t29-/m0/s1. The van der Waals surface area contributed by atoms with Crippen LogP contribution in [0.3, 0.4) is 0 Å². The van der Waals surface area contributed by atoms with Crippen molar-refractivity contribution in [1.29, 1.82) is 0 Å². The van der Waals surface area contributed by atoms with Crippen molar-refractivity contribution in [1.82, 2.24) is 24.7 Å². The van der Waals surface area contributed by atoms with Gasteiger partial charge in [0.1, 0.15) is 22.2 Å². The number of carboxylic acids is 1. The minimum atomic E-state index is -1.27. The summed E-state index contributed by atoms with van der Waals surface area (Å²) in [5, 5.41) is 29.5. The van der Waals surface area contributed by atoms with Gasteiger partial charge in [0.05, 0.1) is 27.5 Å². The van der Waals surface area contributed by atoms with Gasteiger partial charge in [-0.25, -0.2) is 24.4 Å². The lowest BCUT2D eigenvalue weighted by Gasteiger charge is -2.33. The molecule has 0 bridgehead atoms. The topological polar surface area (TPSA) is 126 Å². The van der Waals surface area contributed by atoms with Crippen molar-refractivity contribution in [2.24, 2.45) is 0 Å². The summed E-state index contributed by atoms with van der Waals surface area (Å²) in [5.74, 6) is 0.310. The first kappa shape index (κ1) is 24.9. The van der Waals surface area contributed by atoms with Gasteiger partial charge in [-0.15, -0.1) is 11.3 Å². The van der Waals surface area contributed by atoms with E-state index in [4.69, 9.17) is 4.98 Å². The molecule has 5 aromatic rings. The normalized spacial score (nSPS) is 16.6. The fourth-order valence-electron chi connectivity index (χ4n) is 4.99. The van der Waals surface area contributed by atoms with Crippen LogP contribution in [0.15, 0.2) is 67.1 Å². The lowest BCUT2D eigenvalue weighted by molar-refractivity contribution is 0.0607. The highest BCUT2D eigenvalue weighted by Crippen LogP contribution is 2.43. The summed E-state index contributed by atoms with van der Waals surface area (Å²) < 4.78 is 1.80. The molecule has 0 spiro atoms. The van der Waals surface area contributed by atoms with E-state index in [0.717, 1.165) is 51.5 Å². The van der Waals surface area contributed by atoms with Crippen LogP contribution >= 0.6 is 11.3 Å². The number of aryl methyl sites for hydroxylation is 3. The molecule has 1 atom stereocenters. The minimum Gasteiger partial charge on any atom is -0.478 e. The zero-order valence-corrected chi connectivity index (χ0v) is 22.2. The largest absolute Gasteiger partial charge is 0.478 e. The molecule has 10 heteroatoms. The Morgan fingerprint density at radius 1 is 1.08 bits per heavy atom. The average molecular weight is 539 g/mol. The van der Waals surface area contributed by atoms with Gasteiger partial charge in [-0.2, -0.15) is 5.10 Å². The molecule has 3 N–H and O–H groups in total. The van der Waals surface area contributed by atoms with Crippen LogP contribution in [-0.4, -0.2) is 40.9 Å². The molecule has 6 rings (SSSR count). The maximum Gasteiger partial charge on any atom is 0.335 e. The van der Waals surface area contributed by atoms with E-state index in [9.17, 15) is 15.0 Å². The van der Waals surface area contributed by atoms with Crippen molar-refractivity contribution in [3.8, 4) is 16.3 Å². The number of pyridine rings is 2. The molecule has 0 fully saturated rings. The predicted molar refractivity (Wildman–Crippen MR) is 149 cm³/mol. The van der Waals surface area contributed by atoms with Crippen LogP contribution in [0.1, 0.15) is 50.6 Å². The first-order chi connectivity index (χ1) is 18.8. The number of aromatic nitrogens is 5. The number of carboxylic acid groups (broad SMARTS) is 1. The Labute approximate surface area is 228 Å². The molecule has 1 aliphatic carbocycles. The van der Waals surface area contributed by atoms with Crippen molar-refractivity contribution in [2.75, 3.05) is 5.32 Å². The van der Waals surface area contributed by atoms with E-state index in [1.165, 1.54) is 11.3 Å². The van der Waals surface area contributed by atoms with Crippen LogP contribution in [0.4, 0.5) is 11.6 Å². The summed E-state index contributed by atoms with van der Waals surface area (Å²) in [5.41, 5.74) is 4.09. The summed E-state index contributed by atoms with van der Waals surface area (Å²) in [4.78, 5) is 26.1. The molecule has 0 saturated heterocycles. The Kier molecular flexibility index (Phi) is 6.20. The first-order valence-corrected chi connectivity index (χ1v) is 13.4. The Bertz CT molecular complexity index is 1710. The highest BCUT2D eigenvalue weighted by molar-refractivity contribution is 7.15. The third-order valence-electron chi connectivity index (χ3n) is 6.85. The van der Waals surface area contributed by atoms with Crippen LogP contribution in [0.2, 0.25) is 0 Å². The Morgan fingerprint density at radius 3 is 2.74 bits per heavy atom. The molecule has 196 valence electrons. The second-order valence-corrected chi connectivity index (χ2v) is 10.8. The summed E-state index contributed by atoms with van der Waals surface area (Å²) in [7, 11) is 0. The molecule has 4 heterocycles. The van der Waals surface area contributed by atoms with E-state index in [0.29, 0.717) is 23.1 Å². The molecule has 9 nitrogen and oxygen atoms in total. The molecule has 39 heavy (non-hydrogen) atoms. The first-order valence-electron chi connectivity index (χ1n) is 12.6. The molecule has 1 aromatic carbocycles. The van der Waals surface area contributed by atoms with Gasteiger partial charge < -0.3 is 15.5 Å². The number of aliphatic hydroxyl groups is 1. The zero-order chi connectivity index (χ0) is 27.1. The maximum atomic E-state index is 11.8. The number of aromatic carboxylic acids is 1. The maximum absolute atomic E-state index is 11.8. The SMILES string of the molecule is Cc1cc(Nc2cc(-n3ccc(C)n3)ccn2)nc(-c2cnc([C@]3(O)CCCc4cc(C(=O)O)ccc43)s2)c1. The monoisotopic (exact) mass is 538 g/mol. The van der Waals surface area contributed by atoms with Gasteiger partial charge in [0, 0.05) is 24.7 Å². The molecule has 4 aromatic heterocycles. The number of hydrogen-bond donors (Lipinski definition) is 3. The molecule has 0 unspecified atom stereocenters. The van der Waals surface area contributed by atoms with Crippen LogP contribution in [0.5, 0.6) is 0 Å². The summed E-state index contributed by atoms with van der Waals surface area (Å²) in [6.45, 7) is 3.94. The van der Waals surface area contributed by atoms with Gasteiger partial charge in [-0.1, -0.05) is 6.07 Å². The van der Waals surface area contributed by atoms with Crippen molar-refractivity contribution in [3.63, 3.8) is 0 Å². The average Bonchev–Trinajstić information content (AvgIpc) is 3.59. The van der Waals surface area contributed by atoms with E-state index >= 15 is 0 Å². The van der Waals surface area contributed by atoms with Crippen LogP contribution < -0.4 is 5.32 Å². The second-order valence-electron chi connectivity index (χ2n) is 9.76. The molecule has 1 aliphatic rings. The van der Waals surface area contributed by atoms with Gasteiger partial charge in [-0.05, 0) is 86.2 Å². The number of thiazole rings is 1. The van der Waals surface area contributed by atoms with Gasteiger partial charge in [0.15, 0.2) is 0 Å². The molecular formula is C29H26N6O3S. The van der Waals surface area contributed by atoms with E-state index in [1.54, 1.807) is 35.3 Å². The van der Waals surface area contributed by atoms with Gasteiger partial charge in [0.25, 0.3) is 0 Å². The molecule has 0 radical (unpaired) electrons. The number of nitrogens with zero attached hydrogens (tertiary/aromatic N) is 5. The quantitative estimate of drug-likeness (QED) is 0.262. The molecular weight excluding hydrogens is 512 g/mol. The Morgan fingerprint density at radius 2 is 1.95 bits per heavy atom. The number of carbonyl (C=O) groups is 1. The predicted octanol–water partition coefficient (Wildman–Crippen LogP) is 5.42. The van der Waals surface area contributed by atoms with Gasteiger partial charge >= 0.3 is 5.97 Å². The number of anilines is 2. The lowest BCUT2D eigenvalue weighted by Crippen LogP contribution is -2.32. The van der Waals surface area contributed by atoms with E-state index in [-0.39, 0.29) is 5.56 Å². The van der Waals surface area contributed by atoms with Crippen LogP contribution in [0.25, 0.3) is 16.3 Å². The van der Waals surface area contributed by atoms with Crippen molar-refractivity contribution < 1.29 is 15.0 Å². The van der Waals surface area contributed by atoms with E-state index < -0.39 is 11.6 Å². The van der Waals surface area contributed by atoms with Crippen LogP contribution in [-0.2, 0) is 12.0 Å². The highest BCUT2D eigenvalue weighted by atomic mass is 32.1. The summed E-state index contributed by atoms with van der Waals surface area (Å²) in [6.07, 6.45) is 7.35. The number of fused-ring (bicyclic) bond motifs is 1. The lowest BCUT2D eigenvalue weighted by atomic mass is 9.79. The number of nitrogens with one attached hydrogen (secondary N) is 1. The zero-order valence-electron chi connectivity index (χ0n) is 21.4. The fraction of sp³-hybridized carbons (Fsp3) is 0.207. The number of rotatable bonds is 6. The smallest absolute Gasteiger partial charge is 0.335 e. The minimum absolute atomic E-state index is 0.224. The molecule has 0 aliphatic heterocycles. The van der Waals surface area contributed by atoms with Crippen LogP contribution in [0, 0.1) is 13.8 Å². The van der Waals surface area contributed by atoms with E-state index in [1.807, 2.05) is 50.4 Å². The van der Waals surface area contributed by atoms with E-state index in [2.05, 4.69) is 20.4 Å². The Hall–Kier alpha value is -4.41. The third kappa shape index (κ3) is 4.80. The fourth-order valence-corrected chi connectivity index (χ4v) is 6.00. The third-order valence-corrected chi connectivity index (χ3v) is 8.02. The van der Waals surface area contributed by atoms with Gasteiger partial charge in [-0.3, -0.25) is 0 Å². The Balaban J connectivity index is 1.29. The molecule has 0 amide bonds. The molecule has 0 saturated carbocycles. The summed E-state index contributed by atoms with van der Waals surface area (Å²) in [6, 6.07) is 14.6. The van der Waals surface area contributed by atoms with Crippen molar-refractivity contribution >= 4 is 28.9 Å². The second kappa shape index (κ2) is 9.72. The number of benzene rings is 1. The number of hydrogen-bond acceptors (Lipinski definition) is 8. The van der Waals surface area contributed by atoms with Gasteiger partial charge in [0.2, 0.25) is 0 Å². The highest BCUT2D eigenvalue weighted by Gasteiger charge is 2.39.